The molecule has 1 aromatic carbocycles. The van der Waals surface area contributed by atoms with Gasteiger partial charge in [0.1, 0.15) is 11.6 Å². The number of hydrogen-bond acceptors (Lipinski definition) is 2. The van der Waals surface area contributed by atoms with Gasteiger partial charge in [-0.05, 0) is 25.2 Å². The molecule has 0 aliphatic rings. The summed E-state index contributed by atoms with van der Waals surface area (Å²) in [5, 5.41) is 0.325. The molecule has 0 bridgehead atoms. The normalized spacial score (nSPS) is 10.9. The van der Waals surface area contributed by atoms with Gasteiger partial charge in [-0.3, -0.25) is 4.79 Å². The van der Waals surface area contributed by atoms with Crippen LogP contribution in [-0.2, 0) is 11.2 Å². The maximum atomic E-state index is 13.5. The third-order valence-corrected chi connectivity index (χ3v) is 3.39. The van der Waals surface area contributed by atoms with Crippen molar-refractivity contribution in [3.8, 4) is 0 Å². The van der Waals surface area contributed by atoms with Crippen LogP contribution in [0.2, 0.25) is 5.02 Å². The lowest BCUT2D eigenvalue weighted by Crippen LogP contribution is -2.26. The number of rotatable bonds is 7. The van der Waals surface area contributed by atoms with Crippen molar-refractivity contribution < 1.29 is 9.18 Å². The van der Waals surface area contributed by atoms with Gasteiger partial charge in [0, 0.05) is 30.0 Å². The summed E-state index contributed by atoms with van der Waals surface area (Å²) in [4.78, 5) is 14.0. The van der Waals surface area contributed by atoms with Crippen LogP contribution < -0.4 is 0 Å². The fourth-order valence-corrected chi connectivity index (χ4v) is 2.04. The first-order valence-corrected chi connectivity index (χ1v) is 6.63. The van der Waals surface area contributed by atoms with Crippen LogP contribution in [0.25, 0.3) is 0 Å². The third kappa shape index (κ3) is 4.39. The first kappa shape index (κ1) is 15.1. The largest absolute Gasteiger partial charge is 0.303 e. The first-order valence-electron chi connectivity index (χ1n) is 6.25. The summed E-state index contributed by atoms with van der Waals surface area (Å²) < 4.78 is 13.5. The molecular weight excluding hydrogens is 253 g/mol. The van der Waals surface area contributed by atoms with Gasteiger partial charge in [-0.1, -0.05) is 31.5 Å². The number of hydrogen-bond donors (Lipinski definition) is 0. The molecule has 0 saturated heterocycles. The summed E-state index contributed by atoms with van der Waals surface area (Å²) in [6, 6.07) is 4.48. The Hall–Kier alpha value is -0.930. The lowest BCUT2D eigenvalue weighted by molar-refractivity contribution is -0.118. The van der Waals surface area contributed by atoms with E-state index in [4.69, 9.17) is 11.6 Å². The Labute approximate surface area is 113 Å². The van der Waals surface area contributed by atoms with E-state index in [0.29, 0.717) is 17.0 Å². The van der Waals surface area contributed by atoms with E-state index in [1.54, 1.807) is 12.1 Å². The molecule has 100 valence electrons. The van der Waals surface area contributed by atoms with Crippen LogP contribution in [-0.4, -0.2) is 30.3 Å². The molecule has 0 aromatic heterocycles. The van der Waals surface area contributed by atoms with Crippen LogP contribution in [0.4, 0.5) is 4.39 Å². The topological polar surface area (TPSA) is 20.3 Å². The minimum absolute atomic E-state index is 0.0221. The predicted octanol–water partition coefficient (Wildman–Crippen LogP) is 3.32. The molecule has 0 spiro atoms. The van der Waals surface area contributed by atoms with E-state index < -0.39 is 5.82 Å². The second-order valence-corrected chi connectivity index (χ2v) is 4.60. The third-order valence-electron chi connectivity index (χ3n) is 3.04. The molecule has 0 N–H and O–H groups in total. The van der Waals surface area contributed by atoms with Gasteiger partial charge in [-0.25, -0.2) is 4.39 Å². The van der Waals surface area contributed by atoms with Crippen LogP contribution in [0.1, 0.15) is 25.8 Å². The Balaban J connectivity index is 2.55. The fourth-order valence-electron chi connectivity index (χ4n) is 1.81. The van der Waals surface area contributed by atoms with Crippen LogP contribution in [0.5, 0.6) is 0 Å². The van der Waals surface area contributed by atoms with Gasteiger partial charge in [0.25, 0.3) is 0 Å². The maximum Gasteiger partial charge on any atom is 0.138 e. The number of nitrogens with zero attached hydrogens (tertiary/aromatic N) is 1. The lowest BCUT2D eigenvalue weighted by atomic mass is 10.1. The number of Topliss-reactive ketones (excluding diaryl/α,β-unsaturated/α-hetero) is 1. The van der Waals surface area contributed by atoms with E-state index in [9.17, 15) is 9.18 Å². The Bertz CT molecular complexity index is 385. The van der Waals surface area contributed by atoms with Gasteiger partial charge in [0.15, 0.2) is 0 Å². The van der Waals surface area contributed by atoms with E-state index in [2.05, 4.69) is 18.7 Å². The van der Waals surface area contributed by atoms with Crippen molar-refractivity contribution >= 4 is 17.4 Å². The molecule has 0 unspecified atom stereocenters. The summed E-state index contributed by atoms with van der Waals surface area (Å²) in [6.07, 6.45) is 0.513. The molecular formula is C14H19ClFNO. The SMILES string of the molecule is CCN(CC)CCC(=O)Cc1c(F)cccc1Cl. The van der Waals surface area contributed by atoms with Gasteiger partial charge in [0.05, 0.1) is 0 Å². The zero-order chi connectivity index (χ0) is 13.5. The van der Waals surface area contributed by atoms with Crippen LogP contribution in [0, 0.1) is 5.82 Å². The van der Waals surface area contributed by atoms with Crippen molar-refractivity contribution in [2.45, 2.75) is 26.7 Å². The monoisotopic (exact) mass is 271 g/mol. The lowest BCUT2D eigenvalue weighted by Gasteiger charge is -2.17. The first-order chi connectivity index (χ1) is 8.58. The second kappa shape index (κ2) is 7.49. The molecule has 0 radical (unpaired) electrons. The number of ketones is 1. The molecule has 0 aliphatic carbocycles. The summed E-state index contributed by atoms with van der Waals surface area (Å²) in [6.45, 7) is 6.68. The quantitative estimate of drug-likeness (QED) is 0.758. The Morgan fingerprint density at radius 3 is 2.56 bits per heavy atom. The van der Waals surface area contributed by atoms with Crippen LogP contribution >= 0.6 is 11.6 Å². The average molecular weight is 272 g/mol. The highest BCUT2D eigenvalue weighted by Gasteiger charge is 2.12. The minimum Gasteiger partial charge on any atom is -0.303 e. The number of carbonyl (C=O) groups excluding carboxylic acids is 1. The molecule has 1 rings (SSSR count). The molecule has 0 heterocycles. The fraction of sp³-hybridized carbons (Fsp3) is 0.500. The van der Waals surface area contributed by atoms with Gasteiger partial charge in [-0.15, -0.1) is 0 Å². The number of benzene rings is 1. The smallest absolute Gasteiger partial charge is 0.138 e. The highest BCUT2D eigenvalue weighted by Crippen LogP contribution is 2.20. The van der Waals surface area contributed by atoms with E-state index in [1.807, 2.05) is 0 Å². The second-order valence-electron chi connectivity index (χ2n) is 4.19. The standard InChI is InChI=1S/C14H19ClFNO/c1-3-17(4-2)9-8-11(18)10-12-13(15)6-5-7-14(12)16/h5-7H,3-4,8-10H2,1-2H3. The molecule has 0 aliphatic heterocycles. The minimum atomic E-state index is -0.404. The van der Waals surface area contributed by atoms with Gasteiger partial charge in [0.2, 0.25) is 0 Å². The molecule has 2 nitrogen and oxygen atoms in total. The molecule has 0 fully saturated rings. The van der Waals surface area contributed by atoms with Crippen LogP contribution in [0.3, 0.4) is 0 Å². The van der Waals surface area contributed by atoms with Gasteiger partial charge >= 0.3 is 0 Å². The molecule has 4 heteroatoms. The van der Waals surface area contributed by atoms with Gasteiger partial charge in [-0.2, -0.15) is 0 Å². The Morgan fingerprint density at radius 1 is 1.33 bits per heavy atom. The molecule has 0 atom stereocenters. The molecule has 0 saturated carbocycles. The van der Waals surface area contributed by atoms with E-state index in [-0.39, 0.29) is 12.2 Å². The molecule has 18 heavy (non-hydrogen) atoms. The Kier molecular flexibility index (Phi) is 6.30. The summed E-state index contributed by atoms with van der Waals surface area (Å²) in [5.41, 5.74) is 0.309. The van der Waals surface area contributed by atoms with Crippen molar-refractivity contribution in [2.24, 2.45) is 0 Å². The zero-order valence-electron chi connectivity index (χ0n) is 10.9. The number of carbonyl (C=O) groups is 1. The van der Waals surface area contributed by atoms with Crippen molar-refractivity contribution in [3.05, 3.63) is 34.6 Å². The number of halogens is 2. The zero-order valence-corrected chi connectivity index (χ0v) is 11.6. The molecule has 0 amide bonds. The average Bonchev–Trinajstić information content (AvgIpc) is 2.35. The highest BCUT2D eigenvalue weighted by atomic mass is 35.5. The summed E-state index contributed by atoms with van der Waals surface area (Å²) >= 11 is 5.89. The van der Waals surface area contributed by atoms with Crippen molar-refractivity contribution in [1.82, 2.24) is 4.90 Å². The molecule has 1 aromatic rings. The van der Waals surface area contributed by atoms with E-state index in [1.165, 1.54) is 6.07 Å². The van der Waals surface area contributed by atoms with Crippen molar-refractivity contribution in [1.29, 1.82) is 0 Å². The van der Waals surface area contributed by atoms with Crippen molar-refractivity contribution in [2.75, 3.05) is 19.6 Å². The van der Waals surface area contributed by atoms with E-state index in [0.717, 1.165) is 19.6 Å². The predicted molar refractivity (Wildman–Crippen MR) is 72.5 cm³/mol. The summed E-state index contributed by atoms with van der Waals surface area (Å²) in [5.74, 6) is -0.382. The van der Waals surface area contributed by atoms with E-state index >= 15 is 0 Å². The van der Waals surface area contributed by atoms with Crippen molar-refractivity contribution in [3.63, 3.8) is 0 Å². The van der Waals surface area contributed by atoms with Gasteiger partial charge < -0.3 is 4.90 Å². The highest BCUT2D eigenvalue weighted by molar-refractivity contribution is 6.31. The maximum absolute atomic E-state index is 13.5. The Morgan fingerprint density at radius 2 is 2.00 bits per heavy atom. The summed E-state index contributed by atoms with van der Waals surface area (Å²) in [7, 11) is 0. The van der Waals surface area contributed by atoms with Crippen LogP contribution in [0.15, 0.2) is 18.2 Å².